The summed E-state index contributed by atoms with van der Waals surface area (Å²) >= 11 is 1.73. The number of halogens is 2. The van der Waals surface area contributed by atoms with Crippen LogP contribution in [-0.2, 0) is 4.79 Å². The fourth-order valence-electron chi connectivity index (χ4n) is 3.91. The van der Waals surface area contributed by atoms with Crippen LogP contribution in [0.1, 0.15) is 52.4 Å². The van der Waals surface area contributed by atoms with Gasteiger partial charge in [-0.25, -0.2) is 4.39 Å². The predicted molar refractivity (Wildman–Crippen MR) is 114 cm³/mol. The third kappa shape index (κ3) is 5.17. The average Bonchev–Trinajstić information content (AvgIpc) is 2.79. The molecule has 1 aromatic rings. The van der Waals surface area contributed by atoms with Gasteiger partial charge in [0.15, 0.2) is 5.17 Å². The summed E-state index contributed by atoms with van der Waals surface area (Å²) in [5.41, 5.74) is 0.721. The number of benzene rings is 1. The van der Waals surface area contributed by atoms with Gasteiger partial charge in [0.25, 0.3) is 0 Å². The first kappa shape index (κ1) is 22.0. The molecule has 1 aliphatic heterocycles. The van der Waals surface area contributed by atoms with E-state index in [9.17, 15) is 9.18 Å². The minimum absolute atomic E-state index is 0. The number of rotatable bonds is 3. The summed E-state index contributed by atoms with van der Waals surface area (Å²) in [7, 11) is 2.01. The van der Waals surface area contributed by atoms with E-state index in [4.69, 9.17) is 4.99 Å². The number of carbonyl (C=O) groups excluding carboxylic acids is 1. The number of thioether (sulfide) groups is 1. The van der Waals surface area contributed by atoms with Crippen molar-refractivity contribution in [2.45, 2.75) is 69.8 Å². The largest absolute Gasteiger partial charge is 0.333 e. The van der Waals surface area contributed by atoms with E-state index in [0.717, 1.165) is 23.7 Å². The van der Waals surface area contributed by atoms with E-state index in [0.29, 0.717) is 6.04 Å². The summed E-state index contributed by atoms with van der Waals surface area (Å²) in [5, 5.41) is 1.21. The van der Waals surface area contributed by atoms with E-state index in [1.54, 1.807) is 35.7 Å². The van der Waals surface area contributed by atoms with E-state index in [1.807, 2.05) is 7.05 Å². The zero-order valence-electron chi connectivity index (χ0n) is 16.2. The van der Waals surface area contributed by atoms with E-state index < -0.39 is 0 Å². The molecule has 1 saturated heterocycles. The molecular formula is C20H29ClFN3OS. The van der Waals surface area contributed by atoms with Gasteiger partial charge in [-0.05, 0) is 44.0 Å². The Hall–Kier alpha value is -1.27. The molecule has 0 bridgehead atoms. The van der Waals surface area contributed by atoms with E-state index in [1.165, 1.54) is 37.8 Å². The number of aliphatic imine (C=N–C) groups is 1. The maximum Gasteiger partial charge on any atom is 0.225 e. The van der Waals surface area contributed by atoms with Crippen LogP contribution in [0.2, 0.25) is 0 Å². The monoisotopic (exact) mass is 413 g/mol. The molecule has 2 aliphatic rings. The lowest BCUT2D eigenvalue weighted by atomic mass is 10.1. The van der Waals surface area contributed by atoms with E-state index >= 15 is 0 Å². The molecule has 0 radical (unpaired) electrons. The number of hydrogen-bond acceptors (Lipinski definition) is 3. The molecule has 2 unspecified atom stereocenters. The van der Waals surface area contributed by atoms with Crippen molar-refractivity contribution in [3.63, 3.8) is 0 Å². The van der Waals surface area contributed by atoms with Crippen molar-refractivity contribution in [2.24, 2.45) is 4.99 Å². The Morgan fingerprint density at radius 1 is 1.19 bits per heavy atom. The number of carbonyl (C=O) groups is 1. The van der Waals surface area contributed by atoms with Crippen molar-refractivity contribution in [3.05, 3.63) is 30.1 Å². The van der Waals surface area contributed by atoms with Crippen LogP contribution in [0.4, 0.5) is 10.1 Å². The third-order valence-corrected chi connectivity index (χ3v) is 6.46. The molecule has 27 heavy (non-hydrogen) atoms. The maximum atomic E-state index is 13.3. The average molecular weight is 414 g/mol. The van der Waals surface area contributed by atoms with E-state index in [2.05, 4.69) is 11.8 Å². The number of anilines is 1. The molecule has 1 saturated carbocycles. The van der Waals surface area contributed by atoms with Crippen LogP contribution >= 0.6 is 24.2 Å². The fourth-order valence-corrected chi connectivity index (χ4v) is 5.15. The smallest absolute Gasteiger partial charge is 0.225 e. The van der Waals surface area contributed by atoms with Crippen LogP contribution in [0.3, 0.4) is 0 Å². The van der Waals surface area contributed by atoms with Crippen LogP contribution < -0.4 is 4.90 Å². The molecular weight excluding hydrogens is 385 g/mol. The standard InChI is InChI=1S/C20H28FN3OS.ClH/c1-14-19(24(15(2)25)18-12-10-16(21)11-13-18)23(3)20(26-14)22-17-8-6-4-5-7-9-17;/h10-14,17,19H,4-9H2,1-3H3;1H. The zero-order chi connectivity index (χ0) is 18.7. The van der Waals surface area contributed by atoms with Crippen molar-refractivity contribution in [2.75, 3.05) is 11.9 Å². The zero-order valence-corrected chi connectivity index (χ0v) is 17.9. The molecule has 4 nitrogen and oxygen atoms in total. The number of nitrogens with zero attached hydrogens (tertiary/aromatic N) is 3. The molecule has 0 spiro atoms. The Bertz CT molecular complexity index is 662. The van der Waals surface area contributed by atoms with Crippen molar-refractivity contribution in [3.8, 4) is 0 Å². The van der Waals surface area contributed by atoms with Crippen molar-refractivity contribution in [1.82, 2.24) is 4.90 Å². The van der Waals surface area contributed by atoms with Gasteiger partial charge in [0.1, 0.15) is 12.0 Å². The van der Waals surface area contributed by atoms with Gasteiger partial charge in [-0.2, -0.15) is 0 Å². The third-order valence-electron chi connectivity index (χ3n) is 5.24. The van der Waals surface area contributed by atoms with Gasteiger partial charge in [-0.1, -0.05) is 37.4 Å². The molecule has 7 heteroatoms. The Kier molecular flexibility index (Phi) is 7.98. The van der Waals surface area contributed by atoms with E-state index in [-0.39, 0.29) is 35.5 Å². The van der Waals surface area contributed by atoms with Crippen molar-refractivity contribution >= 4 is 40.9 Å². The lowest BCUT2D eigenvalue weighted by Crippen LogP contribution is -2.50. The van der Waals surface area contributed by atoms with Crippen molar-refractivity contribution < 1.29 is 9.18 Å². The van der Waals surface area contributed by atoms with Crippen LogP contribution in [0, 0.1) is 5.82 Å². The molecule has 1 aromatic carbocycles. The second-order valence-corrected chi connectivity index (χ2v) is 8.61. The summed E-state index contributed by atoms with van der Waals surface area (Å²) in [6, 6.07) is 6.53. The van der Waals surface area contributed by atoms with Gasteiger partial charge < -0.3 is 4.90 Å². The van der Waals surface area contributed by atoms with Crippen LogP contribution in [0.25, 0.3) is 0 Å². The Morgan fingerprint density at radius 3 is 2.33 bits per heavy atom. The molecule has 1 amide bonds. The SMILES string of the molecule is CC(=O)N(c1ccc(F)cc1)C1C(C)SC(=NC2CCCCCC2)N1C.Cl. The van der Waals surface area contributed by atoms with Gasteiger partial charge >= 0.3 is 0 Å². The summed E-state index contributed by atoms with van der Waals surface area (Å²) in [5.74, 6) is -0.341. The molecule has 1 aliphatic carbocycles. The highest BCUT2D eigenvalue weighted by atomic mass is 35.5. The predicted octanol–water partition coefficient (Wildman–Crippen LogP) is 5.07. The Labute approximate surface area is 172 Å². The van der Waals surface area contributed by atoms with Gasteiger partial charge in [0.05, 0.1) is 6.04 Å². The second-order valence-electron chi connectivity index (χ2n) is 7.27. The summed E-state index contributed by atoms with van der Waals surface area (Å²) in [4.78, 5) is 21.3. The Morgan fingerprint density at radius 2 is 1.78 bits per heavy atom. The lowest BCUT2D eigenvalue weighted by molar-refractivity contribution is -0.117. The minimum Gasteiger partial charge on any atom is -0.333 e. The first-order chi connectivity index (χ1) is 12.5. The molecule has 3 rings (SSSR count). The molecule has 0 aromatic heterocycles. The number of amidine groups is 1. The molecule has 1 heterocycles. The molecule has 2 atom stereocenters. The van der Waals surface area contributed by atoms with Crippen LogP contribution in [0.15, 0.2) is 29.3 Å². The molecule has 2 fully saturated rings. The van der Waals surface area contributed by atoms with Gasteiger partial charge in [-0.15, -0.1) is 12.4 Å². The minimum atomic E-state index is -0.296. The number of amides is 1. The normalized spacial score (nSPS) is 25.2. The van der Waals surface area contributed by atoms with Crippen LogP contribution in [-0.4, -0.2) is 40.5 Å². The first-order valence-corrected chi connectivity index (χ1v) is 10.4. The van der Waals surface area contributed by atoms with Crippen LogP contribution in [0.5, 0.6) is 0 Å². The van der Waals surface area contributed by atoms with Gasteiger partial charge in [0, 0.05) is 24.9 Å². The number of hydrogen-bond donors (Lipinski definition) is 0. The molecule has 0 N–H and O–H groups in total. The maximum absolute atomic E-state index is 13.3. The first-order valence-electron chi connectivity index (χ1n) is 9.50. The summed E-state index contributed by atoms with van der Waals surface area (Å²) < 4.78 is 13.3. The summed E-state index contributed by atoms with van der Waals surface area (Å²) in [6.07, 6.45) is 7.33. The highest BCUT2D eigenvalue weighted by Gasteiger charge is 2.40. The topological polar surface area (TPSA) is 35.9 Å². The fraction of sp³-hybridized carbons (Fsp3) is 0.600. The highest BCUT2D eigenvalue weighted by Crippen LogP contribution is 2.36. The van der Waals surface area contributed by atoms with Crippen molar-refractivity contribution in [1.29, 1.82) is 0 Å². The molecule has 150 valence electrons. The summed E-state index contributed by atoms with van der Waals surface area (Å²) in [6.45, 7) is 3.69. The Balaban J connectivity index is 0.00000261. The quantitative estimate of drug-likeness (QED) is 0.649. The van der Waals surface area contributed by atoms with Gasteiger partial charge in [0.2, 0.25) is 5.91 Å². The van der Waals surface area contributed by atoms with Gasteiger partial charge in [-0.3, -0.25) is 14.7 Å². The second kappa shape index (κ2) is 9.78. The lowest BCUT2D eigenvalue weighted by Gasteiger charge is -2.35. The highest BCUT2D eigenvalue weighted by molar-refractivity contribution is 8.14.